The number of nitrogens with one attached hydrogen (secondary N) is 1. The fourth-order valence-electron chi connectivity index (χ4n) is 2.72. The molecule has 0 saturated heterocycles. The van der Waals surface area contributed by atoms with Gasteiger partial charge < -0.3 is 14.6 Å². The van der Waals surface area contributed by atoms with Crippen molar-refractivity contribution in [3.05, 3.63) is 41.0 Å². The topological polar surface area (TPSA) is 63.1 Å². The van der Waals surface area contributed by atoms with Gasteiger partial charge >= 0.3 is 0 Å². The van der Waals surface area contributed by atoms with Crippen LogP contribution in [0.1, 0.15) is 27.4 Å². The number of fused-ring (bicyclic) bond motifs is 1. The quantitative estimate of drug-likeness (QED) is 0.911. The van der Waals surface area contributed by atoms with Crippen LogP contribution in [0.5, 0.6) is 0 Å². The molecular formula is C14H18N4O2. The Kier molecular flexibility index (Phi) is 3.31. The van der Waals surface area contributed by atoms with Gasteiger partial charge in [-0.15, -0.1) is 0 Å². The number of aromatic nitrogens is 3. The molecule has 0 fully saturated rings. The molecule has 20 heavy (non-hydrogen) atoms. The van der Waals surface area contributed by atoms with E-state index >= 15 is 0 Å². The fraction of sp³-hybridized carbons (Fsp3) is 0.429. The number of aryl methyl sites for hydroxylation is 1. The van der Waals surface area contributed by atoms with Gasteiger partial charge in [0.2, 0.25) is 0 Å². The third-order valence-electron chi connectivity index (χ3n) is 3.73. The summed E-state index contributed by atoms with van der Waals surface area (Å²) in [5, 5.41) is 4.48. The van der Waals surface area contributed by atoms with Crippen molar-refractivity contribution in [2.75, 3.05) is 13.7 Å². The number of nitrogens with zero attached hydrogens (tertiary/aromatic N) is 3. The molecule has 106 valence electrons. The van der Waals surface area contributed by atoms with Gasteiger partial charge in [-0.05, 0) is 18.6 Å². The van der Waals surface area contributed by atoms with Gasteiger partial charge in [0.15, 0.2) is 0 Å². The van der Waals surface area contributed by atoms with Gasteiger partial charge in [0.1, 0.15) is 5.69 Å². The summed E-state index contributed by atoms with van der Waals surface area (Å²) in [6.07, 6.45) is 2.59. The lowest BCUT2D eigenvalue weighted by Gasteiger charge is -2.27. The van der Waals surface area contributed by atoms with Crippen molar-refractivity contribution < 1.29 is 9.53 Å². The molecule has 2 aromatic rings. The highest BCUT2D eigenvalue weighted by atomic mass is 16.5. The highest BCUT2D eigenvalue weighted by molar-refractivity contribution is 5.92. The lowest BCUT2D eigenvalue weighted by molar-refractivity contribution is 0.0724. The van der Waals surface area contributed by atoms with E-state index in [0.29, 0.717) is 25.4 Å². The Balaban J connectivity index is 1.84. The highest BCUT2D eigenvalue weighted by Gasteiger charge is 2.27. The number of aromatic amines is 1. The van der Waals surface area contributed by atoms with Crippen LogP contribution in [0, 0.1) is 0 Å². The van der Waals surface area contributed by atoms with Gasteiger partial charge in [-0.3, -0.25) is 9.48 Å². The maximum absolute atomic E-state index is 12.4. The van der Waals surface area contributed by atoms with E-state index < -0.39 is 0 Å². The second-order valence-electron chi connectivity index (χ2n) is 4.99. The zero-order valence-electron chi connectivity index (χ0n) is 11.7. The Labute approximate surface area is 117 Å². The Hall–Kier alpha value is -2.08. The summed E-state index contributed by atoms with van der Waals surface area (Å²) in [4.78, 5) is 17.2. The number of methoxy groups -OCH3 is 1. The lowest BCUT2D eigenvalue weighted by Crippen LogP contribution is -2.36. The minimum atomic E-state index is 0.0372. The molecule has 3 rings (SSSR count). The van der Waals surface area contributed by atoms with Gasteiger partial charge in [-0.25, -0.2) is 0 Å². The van der Waals surface area contributed by atoms with Crippen molar-refractivity contribution in [3.8, 4) is 0 Å². The standard InChI is InChI=1S/C14H18N4O2/c1-17-13-8-18(14(19)11-4-3-6-15-11)7-5-10(13)12(16-17)9-20-2/h3-4,6,15H,5,7-9H2,1-2H3. The van der Waals surface area contributed by atoms with Crippen LogP contribution < -0.4 is 0 Å². The Bertz CT molecular complexity index is 615. The van der Waals surface area contributed by atoms with Gasteiger partial charge in [0, 0.05) is 32.5 Å². The van der Waals surface area contributed by atoms with Crippen LogP contribution in [0.4, 0.5) is 0 Å². The fourth-order valence-corrected chi connectivity index (χ4v) is 2.72. The van der Waals surface area contributed by atoms with Crippen LogP contribution in [0.2, 0.25) is 0 Å². The number of ether oxygens (including phenoxy) is 1. The average Bonchev–Trinajstić information content (AvgIpc) is 3.08. The lowest BCUT2D eigenvalue weighted by atomic mass is 10.0. The molecule has 1 aliphatic rings. The van der Waals surface area contributed by atoms with Crippen LogP contribution in [0.3, 0.4) is 0 Å². The van der Waals surface area contributed by atoms with Gasteiger partial charge in [0.05, 0.1) is 24.5 Å². The predicted molar refractivity (Wildman–Crippen MR) is 73.2 cm³/mol. The molecule has 1 amide bonds. The molecule has 6 heteroatoms. The minimum Gasteiger partial charge on any atom is -0.378 e. The van der Waals surface area contributed by atoms with Gasteiger partial charge in [-0.1, -0.05) is 0 Å². The van der Waals surface area contributed by atoms with E-state index in [-0.39, 0.29) is 5.91 Å². The van der Waals surface area contributed by atoms with Crippen molar-refractivity contribution in [3.63, 3.8) is 0 Å². The Morgan fingerprint density at radius 3 is 3.10 bits per heavy atom. The Morgan fingerprint density at radius 2 is 2.40 bits per heavy atom. The summed E-state index contributed by atoms with van der Waals surface area (Å²) in [5.41, 5.74) is 3.94. The van der Waals surface area contributed by atoms with Gasteiger partial charge in [0.25, 0.3) is 5.91 Å². The van der Waals surface area contributed by atoms with E-state index in [1.807, 2.05) is 22.7 Å². The van der Waals surface area contributed by atoms with Crippen molar-refractivity contribution in [1.82, 2.24) is 19.7 Å². The van der Waals surface area contributed by atoms with E-state index in [1.54, 1.807) is 19.4 Å². The molecular weight excluding hydrogens is 256 g/mol. The van der Waals surface area contributed by atoms with Crippen LogP contribution in [-0.4, -0.2) is 39.2 Å². The second-order valence-corrected chi connectivity index (χ2v) is 4.99. The van der Waals surface area contributed by atoms with Crippen LogP contribution in [0.15, 0.2) is 18.3 Å². The van der Waals surface area contributed by atoms with Gasteiger partial charge in [-0.2, -0.15) is 5.10 Å². The SMILES string of the molecule is COCc1nn(C)c2c1CCN(C(=O)c1ccc[nH]1)C2. The van der Waals surface area contributed by atoms with Crippen molar-refractivity contribution in [2.45, 2.75) is 19.6 Å². The van der Waals surface area contributed by atoms with E-state index in [4.69, 9.17) is 4.74 Å². The summed E-state index contributed by atoms with van der Waals surface area (Å²) in [6, 6.07) is 3.64. The van der Waals surface area contributed by atoms with Crippen molar-refractivity contribution in [2.24, 2.45) is 7.05 Å². The monoisotopic (exact) mass is 274 g/mol. The molecule has 0 aromatic carbocycles. The summed E-state index contributed by atoms with van der Waals surface area (Å²) in [6.45, 7) is 1.83. The summed E-state index contributed by atoms with van der Waals surface area (Å²) in [5.74, 6) is 0.0372. The van der Waals surface area contributed by atoms with Crippen LogP contribution in [-0.2, 0) is 31.4 Å². The third-order valence-corrected chi connectivity index (χ3v) is 3.73. The first-order valence-corrected chi connectivity index (χ1v) is 6.66. The molecule has 0 saturated carbocycles. The number of carbonyl (C=O) groups excluding carboxylic acids is 1. The number of rotatable bonds is 3. The van der Waals surface area contributed by atoms with Crippen LogP contribution >= 0.6 is 0 Å². The van der Waals surface area contributed by atoms with Crippen molar-refractivity contribution in [1.29, 1.82) is 0 Å². The number of hydrogen-bond donors (Lipinski definition) is 1. The molecule has 0 atom stereocenters. The first kappa shape index (κ1) is 12.9. The number of hydrogen-bond acceptors (Lipinski definition) is 3. The first-order chi connectivity index (χ1) is 9.70. The first-order valence-electron chi connectivity index (χ1n) is 6.66. The van der Waals surface area contributed by atoms with E-state index in [1.165, 1.54) is 5.56 Å². The molecule has 6 nitrogen and oxygen atoms in total. The molecule has 2 aromatic heterocycles. The predicted octanol–water partition coefficient (Wildman–Crippen LogP) is 1.09. The second kappa shape index (κ2) is 5.13. The smallest absolute Gasteiger partial charge is 0.270 e. The van der Waals surface area contributed by atoms with E-state index in [2.05, 4.69) is 10.1 Å². The zero-order valence-corrected chi connectivity index (χ0v) is 11.7. The maximum atomic E-state index is 12.4. The molecule has 1 N–H and O–H groups in total. The summed E-state index contributed by atoms with van der Waals surface area (Å²) in [7, 11) is 3.59. The highest BCUT2D eigenvalue weighted by Crippen LogP contribution is 2.23. The minimum absolute atomic E-state index is 0.0372. The number of H-pyrrole nitrogens is 1. The summed E-state index contributed by atoms with van der Waals surface area (Å²) >= 11 is 0. The maximum Gasteiger partial charge on any atom is 0.270 e. The molecule has 0 aliphatic carbocycles. The van der Waals surface area contributed by atoms with E-state index in [9.17, 15) is 4.79 Å². The molecule has 3 heterocycles. The zero-order chi connectivity index (χ0) is 14.1. The molecule has 0 spiro atoms. The Morgan fingerprint density at radius 1 is 1.55 bits per heavy atom. The number of carbonyl (C=O) groups is 1. The third kappa shape index (κ3) is 2.12. The summed E-state index contributed by atoms with van der Waals surface area (Å²) < 4.78 is 7.04. The average molecular weight is 274 g/mol. The van der Waals surface area contributed by atoms with Crippen LogP contribution in [0.25, 0.3) is 0 Å². The number of amides is 1. The largest absolute Gasteiger partial charge is 0.378 e. The van der Waals surface area contributed by atoms with E-state index in [0.717, 1.165) is 17.8 Å². The molecule has 0 unspecified atom stereocenters. The normalized spacial score (nSPS) is 14.4. The molecule has 0 bridgehead atoms. The molecule has 0 radical (unpaired) electrons. The van der Waals surface area contributed by atoms with Crippen molar-refractivity contribution >= 4 is 5.91 Å². The molecule has 1 aliphatic heterocycles.